The second kappa shape index (κ2) is 6.98. The van der Waals surface area contributed by atoms with Crippen molar-refractivity contribution in [2.24, 2.45) is 0 Å². The minimum Gasteiger partial charge on any atom is -0.465 e. The summed E-state index contributed by atoms with van der Waals surface area (Å²) in [6.07, 6.45) is 1.43. The molecule has 0 spiro atoms. The quantitative estimate of drug-likeness (QED) is 0.801. The van der Waals surface area contributed by atoms with Gasteiger partial charge in [0.25, 0.3) is 0 Å². The highest BCUT2D eigenvalue weighted by molar-refractivity contribution is 5.89. The zero-order valence-corrected chi connectivity index (χ0v) is 12.0. The van der Waals surface area contributed by atoms with Gasteiger partial charge in [-0.05, 0) is 30.5 Å². The normalized spacial score (nSPS) is 17.5. The molecule has 2 N–H and O–H groups in total. The Hall–Kier alpha value is -1.50. The number of aliphatic hydroxyl groups is 1. The van der Waals surface area contributed by atoms with Crippen molar-refractivity contribution in [2.45, 2.75) is 24.9 Å². The number of rotatable bonds is 5. The fourth-order valence-corrected chi connectivity index (χ4v) is 2.39. The van der Waals surface area contributed by atoms with E-state index in [1.807, 2.05) is 0 Å². The van der Waals surface area contributed by atoms with Crippen molar-refractivity contribution in [3.8, 4) is 0 Å². The van der Waals surface area contributed by atoms with Crippen LogP contribution in [0, 0.1) is 5.82 Å². The Morgan fingerprint density at radius 1 is 1.48 bits per heavy atom. The molecule has 0 bridgehead atoms. The van der Waals surface area contributed by atoms with Crippen LogP contribution in [0.4, 0.5) is 4.39 Å². The number of hydrogen-bond acceptors (Lipinski definition) is 5. The molecule has 0 aliphatic carbocycles. The molecule has 1 aliphatic rings. The number of carbonyl (C=O) groups is 1. The highest BCUT2D eigenvalue weighted by atomic mass is 19.1. The Balaban J connectivity index is 2.03. The van der Waals surface area contributed by atoms with Crippen molar-refractivity contribution in [3.63, 3.8) is 0 Å². The van der Waals surface area contributed by atoms with Gasteiger partial charge in [-0.25, -0.2) is 9.18 Å². The molecule has 0 aromatic heterocycles. The molecule has 0 unspecified atom stereocenters. The van der Waals surface area contributed by atoms with Gasteiger partial charge >= 0.3 is 5.97 Å². The van der Waals surface area contributed by atoms with E-state index in [0.717, 1.165) is 0 Å². The number of ether oxygens (including phenoxy) is 2. The zero-order chi connectivity index (χ0) is 15.3. The molecule has 1 saturated heterocycles. The van der Waals surface area contributed by atoms with Gasteiger partial charge in [-0.1, -0.05) is 6.07 Å². The van der Waals surface area contributed by atoms with Crippen LogP contribution in [0.2, 0.25) is 0 Å². The summed E-state index contributed by atoms with van der Waals surface area (Å²) in [5.74, 6) is -1.30. The lowest BCUT2D eigenvalue weighted by Gasteiger charge is -2.36. The second-order valence-electron chi connectivity index (χ2n) is 5.21. The Bertz CT molecular complexity index is 500. The Labute approximate surface area is 123 Å². The minimum absolute atomic E-state index is 0.0130. The molecular formula is C15H20FNO4. The van der Waals surface area contributed by atoms with E-state index in [-0.39, 0.29) is 17.7 Å². The third-order valence-electron chi connectivity index (χ3n) is 3.86. The van der Waals surface area contributed by atoms with Gasteiger partial charge in [0.15, 0.2) is 0 Å². The van der Waals surface area contributed by atoms with E-state index in [9.17, 15) is 14.3 Å². The maximum atomic E-state index is 13.8. The highest BCUT2D eigenvalue weighted by Gasteiger charge is 2.31. The molecule has 21 heavy (non-hydrogen) atoms. The van der Waals surface area contributed by atoms with Crippen molar-refractivity contribution in [3.05, 3.63) is 35.1 Å². The molecule has 0 amide bonds. The summed E-state index contributed by atoms with van der Waals surface area (Å²) in [5.41, 5.74) is 0.249. The Kier molecular flexibility index (Phi) is 5.27. The zero-order valence-electron chi connectivity index (χ0n) is 12.0. The molecule has 0 atom stereocenters. The molecule has 0 radical (unpaired) electrons. The lowest BCUT2D eigenvalue weighted by atomic mass is 9.90. The van der Waals surface area contributed by atoms with Crippen molar-refractivity contribution in [1.82, 2.24) is 5.32 Å². The van der Waals surface area contributed by atoms with Crippen LogP contribution in [0.3, 0.4) is 0 Å². The van der Waals surface area contributed by atoms with E-state index >= 15 is 0 Å². The summed E-state index contributed by atoms with van der Waals surface area (Å²) in [7, 11) is 1.22. The first-order valence-corrected chi connectivity index (χ1v) is 6.90. The van der Waals surface area contributed by atoms with Gasteiger partial charge in [0, 0.05) is 25.3 Å². The van der Waals surface area contributed by atoms with E-state index in [2.05, 4.69) is 10.1 Å². The van der Waals surface area contributed by atoms with E-state index < -0.39 is 11.8 Å². The van der Waals surface area contributed by atoms with E-state index in [0.29, 0.717) is 38.2 Å². The smallest absolute Gasteiger partial charge is 0.340 e. The fourth-order valence-electron chi connectivity index (χ4n) is 2.39. The van der Waals surface area contributed by atoms with E-state index in [1.165, 1.54) is 19.2 Å². The van der Waals surface area contributed by atoms with E-state index in [1.54, 1.807) is 6.07 Å². The van der Waals surface area contributed by atoms with E-state index in [4.69, 9.17) is 4.74 Å². The third-order valence-corrected chi connectivity index (χ3v) is 3.86. The van der Waals surface area contributed by atoms with Crippen LogP contribution in [-0.2, 0) is 16.0 Å². The number of nitrogens with one attached hydrogen (secondary N) is 1. The van der Waals surface area contributed by atoms with Gasteiger partial charge in [0.2, 0.25) is 0 Å². The monoisotopic (exact) mass is 297 g/mol. The van der Waals surface area contributed by atoms with Crippen molar-refractivity contribution >= 4 is 5.97 Å². The van der Waals surface area contributed by atoms with Gasteiger partial charge in [-0.3, -0.25) is 0 Å². The molecule has 1 heterocycles. The van der Waals surface area contributed by atoms with Crippen LogP contribution in [0.15, 0.2) is 18.2 Å². The van der Waals surface area contributed by atoms with Crippen LogP contribution in [0.5, 0.6) is 0 Å². The molecular weight excluding hydrogens is 277 g/mol. The molecule has 1 aromatic carbocycles. The van der Waals surface area contributed by atoms with Crippen molar-refractivity contribution in [2.75, 3.05) is 26.9 Å². The predicted octanol–water partition coefficient (Wildman–Crippen LogP) is 1.24. The van der Waals surface area contributed by atoms with Crippen LogP contribution in [0.25, 0.3) is 0 Å². The summed E-state index contributed by atoms with van der Waals surface area (Å²) in [6.45, 7) is 1.63. The molecule has 1 aliphatic heterocycles. The molecule has 0 saturated carbocycles. The average Bonchev–Trinajstić information content (AvgIpc) is 2.53. The van der Waals surface area contributed by atoms with Gasteiger partial charge in [0.1, 0.15) is 5.82 Å². The van der Waals surface area contributed by atoms with Crippen LogP contribution in [-0.4, -0.2) is 43.5 Å². The molecule has 116 valence electrons. The molecule has 5 nitrogen and oxygen atoms in total. The average molecular weight is 297 g/mol. The maximum Gasteiger partial charge on any atom is 0.340 e. The molecule has 1 fully saturated rings. The van der Waals surface area contributed by atoms with Crippen molar-refractivity contribution in [1.29, 1.82) is 0 Å². The van der Waals surface area contributed by atoms with Gasteiger partial charge in [-0.2, -0.15) is 0 Å². The second-order valence-corrected chi connectivity index (χ2v) is 5.21. The summed E-state index contributed by atoms with van der Waals surface area (Å²) >= 11 is 0. The molecule has 1 aromatic rings. The number of hydrogen-bond donors (Lipinski definition) is 2. The van der Waals surface area contributed by atoms with Crippen molar-refractivity contribution < 1.29 is 23.8 Å². The first kappa shape index (κ1) is 15.9. The summed E-state index contributed by atoms with van der Waals surface area (Å²) in [6, 6.07) is 4.39. The number of benzene rings is 1. The first-order valence-electron chi connectivity index (χ1n) is 6.90. The number of carbonyl (C=O) groups excluding carboxylic acids is 1. The molecule has 6 heteroatoms. The summed E-state index contributed by atoms with van der Waals surface area (Å²) in [4.78, 5) is 11.3. The summed E-state index contributed by atoms with van der Waals surface area (Å²) < 4.78 is 23.6. The van der Waals surface area contributed by atoms with Crippen LogP contribution < -0.4 is 5.32 Å². The Morgan fingerprint density at radius 2 is 2.19 bits per heavy atom. The van der Waals surface area contributed by atoms with Gasteiger partial charge in [0.05, 0.1) is 19.3 Å². The highest BCUT2D eigenvalue weighted by Crippen LogP contribution is 2.21. The van der Waals surface area contributed by atoms with Gasteiger partial charge < -0.3 is 19.9 Å². The number of halogens is 1. The first-order chi connectivity index (χ1) is 10.1. The standard InChI is InChI=1S/C15H20FNO4/c1-20-14(19)12-3-2-11(8-13(12)16)9-17-15(10-18)4-6-21-7-5-15/h2-3,8,17-18H,4-7,9-10H2,1H3. The largest absolute Gasteiger partial charge is 0.465 e. The maximum absolute atomic E-state index is 13.8. The minimum atomic E-state index is -0.691. The lowest BCUT2D eigenvalue weighted by molar-refractivity contribution is 0.0111. The molecule has 2 rings (SSSR count). The number of methoxy groups -OCH3 is 1. The fraction of sp³-hybridized carbons (Fsp3) is 0.533. The van der Waals surface area contributed by atoms with Crippen LogP contribution in [0.1, 0.15) is 28.8 Å². The lowest BCUT2D eigenvalue weighted by Crippen LogP contribution is -2.51. The topological polar surface area (TPSA) is 67.8 Å². The third kappa shape index (κ3) is 3.78. The predicted molar refractivity (Wildman–Crippen MR) is 74.4 cm³/mol. The summed E-state index contributed by atoms with van der Waals surface area (Å²) in [5, 5.41) is 12.8. The number of esters is 1. The number of aliphatic hydroxyl groups excluding tert-OH is 1. The SMILES string of the molecule is COC(=O)c1ccc(CNC2(CO)CCOCC2)cc1F. The van der Waals surface area contributed by atoms with Crippen LogP contribution >= 0.6 is 0 Å². The Morgan fingerprint density at radius 3 is 2.76 bits per heavy atom. The van der Waals surface area contributed by atoms with Gasteiger partial charge in [-0.15, -0.1) is 0 Å².